The Morgan fingerprint density at radius 1 is 1.00 bits per heavy atom. The summed E-state index contributed by atoms with van der Waals surface area (Å²) in [5.41, 5.74) is 0. The molecule has 3 heteroatoms. The highest BCUT2D eigenvalue weighted by Crippen LogP contribution is 2.32. The van der Waals surface area contributed by atoms with E-state index in [4.69, 9.17) is 0 Å². The lowest BCUT2D eigenvalue weighted by Crippen LogP contribution is -2.51. The molecule has 0 bridgehead atoms. The maximum atomic E-state index is 3.73. The third kappa shape index (κ3) is 3.25. The second-order valence-corrected chi connectivity index (χ2v) is 6.61. The maximum Gasteiger partial charge on any atom is 0.0195 e. The van der Waals surface area contributed by atoms with E-state index >= 15 is 0 Å². The van der Waals surface area contributed by atoms with Gasteiger partial charge in [0, 0.05) is 24.7 Å². The molecule has 0 aromatic heterocycles. The number of likely N-dealkylation sites (tertiary alicyclic amines) is 1. The van der Waals surface area contributed by atoms with Crippen molar-refractivity contribution in [2.45, 2.75) is 63.1 Å². The van der Waals surface area contributed by atoms with Gasteiger partial charge in [-0.15, -0.1) is 0 Å². The van der Waals surface area contributed by atoms with Gasteiger partial charge in [-0.25, -0.2) is 0 Å². The first-order valence-electron chi connectivity index (χ1n) is 8.00. The van der Waals surface area contributed by atoms with Crippen molar-refractivity contribution in [1.82, 2.24) is 15.1 Å². The maximum absolute atomic E-state index is 3.73. The molecule has 2 saturated heterocycles. The van der Waals surface area contributed by atoms with Crippen LogP contribution in [-0.4, -0.2) is 61.2 Å². The van der Waals surface area contributed by atoms with Crippen LogP contribution < -0.4 is 5.32 Å². The molecule has 1 unspecified atom stereocenters. The Kier molecular flexibility index (Phi) is 4.22. The van der Waals surface area contributed by atoms with E-state index < -0.39 is 0 Å². The van der Waals surface area contributed by atoms with Crippen molar-refractivity contribution in [3.8, 4) is 0 Å². The quantitative estimate of drug-likeness (QED) is 0.820. The van der Waals surface area contributed by atoms with Gasteiger partial charge in [0.2, 0.25) is 0 Å². The highest BCUT2D eigenvalue weighted by molar-refractivity contribution is 4.93. The molecule has 3 nitrogen and oxygen atoms in total. The molecule has 1 atom stereocenters. The van der Waals surface area contributed by atoms with Crippen molar-refractivity contribution in [3.05, 3.63) is 0 Å². The molecule has 1 aliphatic carbocycles. The SMILES string of the molecule is CN1CCC(N(CC2CCCCN2)C2CC2)CC1. The van der Waals surface area contributed by atoms with Gasteiger partial charge in [-0.05, 0) is 65.2 Å². The van der Waals surface area contributed by atoms with Crippen LogP contribution in [0.1, 0.15) is 44.9 Å². The van der Waals surface area contributed by atoms with Crippen LogP contribution >= 0.6 is 0 Å². The average Bonchev–Trinajstić information content (AvgIpc) is 3.23. The van der Waals surface area contributed by atoms with Gasteiger partial charge in [0.1, 0.15) is 0 Å². The molecule has 0 amide bonds. The van der Waals surface area contributed by atoms with Crippen molar-refractivity contribution in [2.75, 3.05) is 33.2 Å². The first kappa shape index (κ1) is 12.9. The number of nitrogens with zero attached hydrogens (tertiary/aromatic N) is 2. The summed E-state index contributed by atoms with van der Waals surface area (Å²) in [4.78, 5) is 5.36. The average molecular weight is 251 g/mol. The van der Waals surface area contributed by atoms with Crippen LogP contribution in [0.2, 0.25) is 0 Å². The minimum Gasteiger partial charge on any atom is -0.313 e. The molecule has 3 fully saturated rings. The largest absolute Gasteiger partial charge is 0.313 e. The van der Waals surface area contributed by atoms with Crippen LogP contribution in [0.4, 0.5) is 0 Å². The van der Waals surface area contributed by atoms with Gasteiger partial charge in [-0.1, -0.05) is 6.42 Å². The lowest BCUT2D eigenvalue weighted by molar-refractivity contribution is 0.0993. The third-order valence-electron chi connectivity index (χ3n) is 5.02. The van der Waals surface area contributed by atoms with E-state index in [1.54, 1.807) is 0 Å². The molecule has 0 spiro atoms. The number of nitrogens with one attached hydrogen (secondary N) is 1. The first-order chi connectivity index (χ1) is 8.83. The molecule has 104 valence electrons. The Bertz CT molecular complexity index is 250. The highest BCUT2D eigenvalue weighted by atomic mass is 15.2. The van der Waals surface area contributed by atoms with Crippen LogP contribution in [0.25, 0.3) is 0 Å². The summed E-state index contributed by atoms with van der Waals surface area (Å²) < 4.78 is 0. The van der Waals surface area contributed by atoms with Gasteiger partial charge in [-0.3, -0.25) is 4.90 Å². The fraction of sp³-hybridized carbons (Fsp3) is 1.00. The van der Waals surface area contributed by atoms with Crippen LogP contribution in [-0.2, 0) is 0 Å². The number of rotatable bonds is 4. The summed E-state index contributed by atoms with van der Waals surface area (Å²) >= 11 is 0. The van der Waals surface area contributed by atoms with Crippen molar-refractivity contribution in [3.63, 3.8) is 0 Å². The van der Waals surface area contributed by atoms with Crippen LogP contribution in [0.3, 0.4) is 0 Å². The van der Waals surface area contributed by atoms with E-state index in [0.717, 1.165) is 18.1 Å². The van der Waals surface area contributed by atoms with E-state index in [9.17, 15) is 0 Å². The molecular weight excluding hydrogens is 222 g/mol. The molecule has 0 radical (unpaired) electrons. The van der Waals surface area contributed by atoms with Crippen LogP contribution in [0.15, 0.2) is 0 Å². The summed E-state index contributed by atoms with van der Waals surface area (Å²) in [6, 6.07) is 2.58. The van der Waals surface area contributed by atoms with E-state index in [1.165, 1.54) is 71.1 Å². The summed E-state index contributed by atoms with van der Waals surface area (Å²) in [5, 5.41) is 3.73. The van der Waals surface area contributed by atoms with Gasteiger partial charge in [-0.2, -0.15) is 0 Å². The number of hydrogen-bond acceptors (Lipinski definition) is 3. The number of piperidine rings is 2. The first-order valence-corrected chi connectivity index (χ1v) is 8.00. The lowest BCUT2D eigenvalue weighted by atomic mass is 10.00. The van der Waals surface area contributed by atoms with Crippen molar-refractivity contribution in [1.29, 1.82) is 0 Å². The molecule has 2 aliphatic heterocycles. The summed E-state index contributed by atoms with van der Waals surface area (Å²) in [6.07, 6.45) is 9.91. The summed E-state index contributed by atoms with van der Waals surface area (Å²) in [5.74, 6) is 0. The fourth-order valence-corrected chi connectivity index (χ4v) is 3.66. The molecule has 18 heavy (non-hydrogen) atoms. The minimum atomic E-state index is 0.777. The van der Waals surface area contributed by atoms with Crippen LogP contribution in [0, 0.1) is 0 Å². The van der Waals surface area contributed by atoms with Crippen LogP contribution in [0.5, 0.6) is 0 Å². The smallest absolute Gasteiger partial charge is 0.0195 e. The molecule has 0 aromatic carbocycles. The topological polar surface area (TPSA) is 18.5 Å². The van der Waals surface area contributed by atoms with E-state index in [-0.39, 0.29) is 0 Å². The predicted octanol–water partition coefficient (Wildman–Crippen LogP) is 1.69. The standard InChI is InChI=1S/C15H29N3/c1-17-10-7-15(8-11-17)18(14-5-6-14)12-13-4-2-3-9-16-13/h13-16H,2-12H2,1H3. The Balaban J connectivity index is 1.54. The van der Waals surface area contributed by atoms with Crippen molar-refractivity contribution >= 4 is 0 Å². The van der Waals surface area contributed by atoms with Crippen molar-refractivity contribution < 1.29 is 0 Å². The zero-order chi connectivity index (χ0) is 12.4. The lowest BCUT2D eigenvalue weighted by Gasteiger charge is -2.40. The summed E-state index contributed by atoms with van der Waals surface area (Å²) in [6.45, 7) is 5.16. The highest BCUT2D eigenvalue weighted by Gasteiger charge is 2.36. The van der Waals surface area contributed by atoms with Gasteiger partial charge in [0.15, 0.2) is 0 Å². The minimum absolute atomic E-state index is 0.777. The Hall–Kier alpha value is -0.120. The zero-order valence-corrected chi connectivity index (χ0v) is 11.9. The zero-order valence-electron chi connectivity index (χ0n) is 11.9. The monoisotopic (exact) mass is 251 g/mol. The molecule has 3 aliphatic rings. The predicted molar refractivity (Wildman–Crippen MR) is 75.9 cm³/mol. The molecule has 0 aromatic rings. The van der Waals surface area contributed by atoms with Crippen molar-refractivity contribution in [2.24, 2.45) is 0 Å². The fourth-order valence-electron chi connectivity index (χ4n) is 3.66. The molecule has 1 N–H and O–H groups in total. The second kappa shape index (κ2) is 5.89. The Morgan fingerprint density at radius 3 is 2.33 bits per heavy atom. The second-order valence-electron chi connectivity index (χ2n) is 6.61. The van der Waals surface area contributed by atoms with E-state index in [1.807, 2.05) is 0 Å². The van der Waals surface area contributed by atoms with E-state index in [0.29, 0.717) is 0 Å². The van der Waals surface area contributed by atoms with Gasteiger partial charge in [0.05, 0.1) is 0 Å². The molecule has 1 saturated carbocycles. The molecule has 2 heterocycles. The Morgan fingerprint density at radius 2 is 1.72 bits per heavy atom. The van der Waals surface area contributed by atoms with Gasteiger partial charge >= 0.3 is 0 Å². The summed E-state index contributed by atoms with van der Waals surface area (Å²) in [7, 11) is 2.26. The molecule has 3 rings (SSSR count). The van der Waals surface area contributed by atoms with E-state index in [2.05, 4.69) is 22.2 Å². The molecular formula is C15H29N3. The normalized spacial score (nSPS) is 32.0. The third-order valence-corrected chi connectivity index (χ3v) is 5.02. The van der Waals surface area contributed by atoms with Gasteiger partial charge in [0.25, 0.3) is 0 Å². The number of hydrogen-bond donors (Lipinski definition) is 1. The van der Waals surface area contributed by atoms with Gasteiger partial charge < -0.3 is 10.2 Å². The Labute approximate surface area is 112 Å².